The number of aliphatic hydroxyl groups excluding tert-OH is 2. The number of nitrogens with zero attached hydrogens (tertiary/aromatic N) is 2. The van der Waals surface area contributed by atoms with E-state index in [0.29, 0.717) is 24.9 Å². The normalized spacial score (nSPS) is 23.5. The lowest BCUT2D eigenvalue weighted by molar-refractivity contribution is 0.0240. The lowest BCUT2D eigenvalue weighted by Crippen LogP contribution is -2.51. The molecule has 2 aromatic carbocycles. The van der Waals surface area contributed by atoms with Gasteiger partial charge in [-0.05, 0) is 61.1 Å². The van der Waals surface area contributed by atoms with Crippen molar-refractivity contribution in [1.29, 1.82) is 0 Å². The van der Waals surface area contributed by atoms with Crippen LogP contribution in [0.25, 0.3) is 0 Å². The van der Waals surface area contributed by atoms with Crippen molar-refractivity contribution >= 4 is 0 Å². The summed E-state index contributed by atoms with van der Waals surface area (Å²) in [5.41, 5.74) is 2.65. The zero-order valence-corrected chi connectivity index (χ0v) is 22.3. The van der Waals surface area contributed by atoms with E-state index in [1.165, 1.54) is 24.0 Å². The smallest absolute Gasteiger partial charge is 0.119 e. The Bertz CT molecular complexity index is 959. The van der Waals surface area contributed by atoms with Crippen LogP contribution in [-0.4, -0.2) is 84.7 Å². The van der Waals surface area contributed by atoms with Crippen LogP contribution in [0.15, 0.2) is 72.8 Å². The molecule has 5 rings (SSSR count). The summed E-state index contributed by atoms with van der Waals surface area (Å²) < 4.78 is 11.7. The minimum absolute atomic E-state index is 0.289. The lowest BCUT2D eigenvalue weighted by atomic mass is 9.99. The minimum atomic E-state index is -0.533. The van der Waals surface area contributed by atoms with Crippen LogP contribution in [0.5, 0.6) is 11.5 Å². The monoisotopic (exact) mass is 518 g/mol. The standard InChI is InChI=1S/C32H42N2O4/c35-29(23-37-31-13-9-27(10-14-31)25-5-1-2-6-25)21-33-17-19-34(20-18-33)22-30(36)24-38-32-15-11-28(12-16-32)26-7-3-4-8-26/h1,3,5,7,9-16,25-26,29-30,35-36H,2,4,6,8,17-24H2/t25-,26+,29-,30-/m0/s1. The molecule has 2 aromatic rings. The van der Waals surface area contributed by atoms with Gasteiger partial charge in [-0.2, -0.15) is 0 Å². The van der Waals surface area contributed by atoms with Crippen molar-refractivity contribution in [1.82, 2.24) is 9.80 Å². The van der Waals surface area contributed by atoms with Crippen LogP contribution in [0.2, 0.25) is 0 Å². The average molecular weight is 519 g/mol. The van der Waals surface area contributed by atoms with E-state index < -0.39 is 12.2 Å². The van der Waals surface area contributed by atoms with Gasteiger partial charge in [0, 0.05) is 51.1 Å². The molecule has 1 fully saturated rings. The molecule has 3 aliphatic rings. The van der Waals surface area contributed by atoms with Gasteiger partial charge in [-0.1, -0.05) is 48.6 Å². The number of rotatable bonds is 12. The average Bonchev–Trinajstić information content (AvgIpc) is 3.68. The van der Waals surface area contributed by atoms with E-state index in [-0.39, 0.29) is 13.2 Å². The predicted molar refractivity (Wildman–Crippen MR) is 151 cm³/mol. The molecule has 0 spiro atoms. The second-order valence-corrected chi connectivity index (χ2v) is 10.9. The summed E-state index contributed by atoms with van der Waals surface area (Å²) in [5, 5.41) is 21.0. The van der Waals surface area contributed by atoms with Gasteiger partial charge in [0.05, 0.1) is 0 Å². The molecule has 2 N–H and O–H groups in total. The zero-order chi connectivity index (χ0) is 26.2. The maximum atomic E-state index is 10.5. The van der Waals surface area contributed by atoms with Crippen LogP contribution in [0.1, 0.15) is 48.6 Å². The molecular formula is C32H42N2O4. The van der Waals surface area contributed by atoms with Crippen LogP contribution >= 0.6 is 0 Å². The molecule has 0 radical (unpaired) electrons. The molecule has 0 amide bonds. The van der Waals surface area contributed by atoms with Gasteiger partial charge in [-0.3, -0.25) is 9.80 Å². The first-order chi connectivity index (χ1) is 18.6. The number of allylic oxidation sites excluding steroid dienone is 4. The number of ether oxygens (including phenoxy) is 2. The second-order valence-electron chi connectivity index (χ2n) is 10.9. The Morgan fingerprint density at radius 3 is 1.37 bits per heavy atom. The van der Waals surface area contributed by atoms with Gasteiger partial charge in [0.2, 0.25) is 0 Å². The zero-order valence-electron chi connectivity index (χ0n) is 22.3. The highest BCUT2D eigenvalue weighted by Gasteiger charge is 2.22. The molecule has 1 aliphatic heterocycles. The van der Waals surface area contributed by atoms with Crippen molar-refractivity contribution in [3.8, 4) is 11.5 Å². The van der Waals surface area contributed by atoms with E-state index >= 15 is 0 Å². The number of benzene rings is 2. The first-order valence-corrected chi connectivity index (χ1v) is 14.2. The van der Waals surface area contributed by atoms with E-state index in [1.54, 1.807) is 0 Å². The Hall–Kier alpha value is -2.64. The van der Waals surface area contributed by atoms with Crippen molar-refractivity contribution in [2.24, 2.45) is 0 Å². The summed E-state index contributed by atoms with van der Waals surface area (Å²) in [6.45, 7) is 5.23. The van der Waals surface area contributed by atoms with Crippen LogP contribution in [-0.2, 0) is 0 Å². The summed E-state index contributed by atoms with van der Waals surface area (Å²) in [4.78, 5) is 4.54. The third-order valence-electron chi connectivity index (χ3n) is 7.93. The maximum absolute atomic E-state index is 10.5. The Labute approximate surface area is 227 Å². The highest BCUT2D eigenvalue weighted by Crippen LogP contribution is 2.30. The molecule has 0 unspecified atom stereocenters. The van der Waals surface area contributed by atoms with Gasteiger partial charge in [-0.25, -0.2) is 0 Å². The molecule has 0 saturated carbocycles. The third-order valence-corrected chi connectivity index (χ3v) is 7.93. The molecular weight excluding hydrogens is 476 g/mol. The van der Waals surface area contributed by atoms with Gasteiger partial charge in [-0.15, -0.1) is 0 Å². The SMILES string of the molecule is O[C@H](COc1ccc([C@@H]2C=CCC2)cc1)CN1CCN(C[C@H](O)COc2ccc([C@H]3C=CCC3)cc2)CC1. The summed E-state index contributed by atoms with van der Waals surface area (Å²) in [6, 6.07) is 16.5. The first kappa shape index (κ1) is 26.9. The maximum Gasteiger partial charge on any atom is 0.119 e. The Balaban J connectivity index is 0.952. The highest BCUT2D eigenvalue weighted by molar-refractivity contribution is 5.33. The Morgan fingerprint density at radius 2 is 1.03 bits per heavy atom. The summed E-state index contributed by atoms with van der Waals surface area (Å²) in [5.74, 6) is 2.66. The van der Waals surface area contributed by atoms with Crippen LogP contribution in [0.4, 0.5) is 0 Å². The minimum Gasteiger partial charge on any atom is -0.491 e. The largest absolute Gasteiger partial charge is 0.491 e. The predicted octanol–water partition coefficient (Wildman–Crippen LogP) is 4.35. The number of β-amino-alcohol motifs (C(OH)–C–C–N with tert-alkyl or cyclic N) is 2. The van der Waals surface area contributed by atoms with E-state index in [1.807, 2.05) is 24.3 Å². The van der Waals surface area contributed by atoms with Crippen molar-refractivity contribution in [3.05, 3.63) is 84.0 Å². The van der Waals surface area contributed by atoms with Gasteiger partial charge in [0.25, 0.3) is 0 Å². The van der Waals surface area contributed by atoms with Gasteiger partial charge in [0.15, 0.2) is 0 Å². The van der Waals surface area contributed by atoms with Crippen LogP contribution in [0.3, 0.4) is 0 Å². The molecule has 4 atom stereocenters. The van der Waals surface area contributed by atoms with Gasteiger partial charge >= 0.3 is 0 Å². The Kier molecular flexibility index (Phi) is 9.52. The molecule has 0 aromatic heterocycles. The highest BCUT2D eigenvalue weighted by atomic mass is 16.5. The van der Waals surface area contributed by atoms with E-state index in [9.17, 15) is 10.2 Å². The molecule has 1 heterocycles. The molecule has 1 saturated heterocycles. The number of hydrogen-bond donors (Lipinski definition) is 2. The molecule has 0 bridgehead atoms. The fourth-order valence-corrected chi connectivity index (χ4v) is 5.68. The fraction of sp³-hybridized carbons (Fsp3) is 0.500. The fourth-order valence-electron chi connectivity index (χ4n) is 5.68. The van der Waals surface area contributed by atoms with E-state index in [4.69, 9.17) is 9.47 Å². The second kappa shape index (κ2) is 13.4. The van der Waals surface area contributed by atoms with Crippen molar-refractivity contribution in [2.75, 3.05) is 52.5 Å². The number of piperazine rings is 1. The number of hydrogen-bond acceptors (Lipinski definition) is 6. The van der Waals surface area contributed by atoms with Crippen molar-refractivity contribution in [3.63, 3.8) is 0 Å². The molecule has 38 heavy (non-hydrogen) atoms. The van der Waals surface area contributed by atoms with Gasteiger partial charge in [0.1, 0.15) is 36.9 Å². The molecule has 2 aliphatic carbocycles. The first-order valence-electron chi connectivity index (χ1n) is 14.2. The topological polar surface area (TPSA) is 65.4 Å². The summed E-state index contributed by atoms with van der Waals surface area (Å²) >= 11 is 0. The van der Waals surface area contributed by atoms with Crippen LogP contribution in [0, 0.1) is 0 Å². The van der Waals surface area contributed by atoms with Crippen LogP contribution < -0.4 is 9.47 Å². The third kappa shape index (κ3) is 7.70. The quantitative estimate of drug-likeness (QED) is 0.408. The summed E-state index contributed by atoms with van der Waals surface area (Å²) in [7, 11) is 0. The lowest BCUT2D eigenvalue weighted by Gasteiger charge is -2.36. The Morgan fingerprint density at radius 1 is 0.632 bits per heavy atom. The van der Waals surface area contributed by atoms with Crippen molar-refractivity contribution in [2.45, 2.75) is 49.7 Å². The summed E-state index contributed by atoms with van der Waals surface area (Å²) in [6.07, 6.45) is 12.7. The van der Waals surface area contributed by atoms with Crippen molar-refractivity contribution < 1.29 is 19.7 Å². The molecule has 6 heteroatoms. The molecule has 204 valence electrons. The number of aliphatic hydroxyl groups is 2. The van der Waals surface area contributed by atoms with Gasteiger partial charge < -0.3 is 19.7 Å². The van der Waals surface area contributed by atoms with E-state index in [0.717, 1.165) is 50.5 Å². The van der Waals surface area contributed by atoms with E-state index in [2.05, 4.69) is 58.4 Å². The molecule has 6 nitrogen and oxygen atoms in total.